The fraction of sp³-hybridized carbons (Fsp3) is 0.522. The molecule has 1 unspecified atom stereocenters. The Morgan fingerprint density at radius 1 is 1.22 bits per heavy atom. The monoisotopic (exact) mass is 618 g/mol. The lowest BCUT2D eigenvalue weighted by molar-refractivity contribution is -0.0312. The van der Waals surface area contributed by atoms with E-state index in [0.29, 0.717) is 42.8 Å². The summed E-state index contributed by atoms with van der Waals surface area (Å²) in [4.78, 5) is 4.21. The summed E-state index contributed by atoms with van der Waals surface area (Å²) in [5, 5.41) is 13.7. The highest BCUT2D eigenvalue weighted by molar-refractivity contribution is 9.10. The van der Waals surface area contributed by atoms with Gasteiger partial charge < -0.3 is 19.9 Å². The molecule has 2 fully saturated rings. The standard InChI is InChI=1S/C23H31BrN4O7S2/c1-25-36(30,31)21-4-2-3-20(10-21)34-16-19(29)13-27-18-11-23(35-15-18)5-7-28(8-6-23)37(32,33)22-9-17(24)12-26-14-22/h2-4,9-10,12,14,18-19,25,27,29H,5-8,11,13,15-16H2,1H3/t18?,19-/m0/s1. The van der Waals surface area contributed by atoms with Gasteiger partial charge in [0.15, 0.2) is 0 Å². The molecule has 2 aliphatic rings. The summed E-state index contributed by atoms with van der Waals surface area (Å²) in [7, 11) is -5.87. The highest BCUT2D eigenvalue weighted by atomic mass is 79.9. The lowest BCUT2D eigenvalue weighted by atomic mass is 9.88. The van der Waals surface area contributed by atoms with Crippen molar-refractivity contribution < 1.29 is 31.4 Å². The summed E-state index contributed by atoms with van der Waals surface area (Å²) in [6.07, 6.45) is 3.98. The van der Waals surface area contributed by atoms with Crippen LogP contribution in [0.15, 0.2) is 57.0 Å². The second kappa shape index (κ2) is 11.6. The number of rotatable bonds is 10. The number of sulfonamides is 2. The van der Waals surface area contributed by atoms with Gasteiger partial charge >= 0.3 is 0 Å². The molecule has 11 nitrogen and oxygen atoms in total. The van der Waals surface area contributed by atoms with E-state index < -0.39 is 26.2 Å². The number of aromatic nitrogens is 1. The zero-order valence-electron chi connectivity index (χ0n) is 20.3. The van der Waals surface area contributed by atoms with Crippen LogP contribution in [0.5, 0.6) is 5.75 Å². The first-order chi connectivity index (χ1) is 17.5. The molecule has 14 heteroatoms. The zero-order chi connectivity index (χ0) is 26.7. The summed E-state index contributed by atoms with van der Waals surface area (Å²) in [5.41, 5.74) is -0.389. The van der Waals surface area contributed by atoms with Crippen LogP contribution in [0, 0.1) is 0 Å². The number of hydrogen-bond donors (Lipinski definition) is 3. The van der Waals surface area contributed by atoms with E-state index in [9.17, 15) is 21.9 Å². The number of nitrogens with one attached hydrogen (secondary N) is 2. The number of benzene rings is 1. The van der Waals surface area contributed by atoms with Crippen molar-refractivity contribution in [3.63, 3.8) is 0 Å². The van der Waals surface area contributed by atoms with Crippen LogP contribution in [0.4, 0.5) is 0 Å². The fourth-order valence-corrected chi connectivity index (χ4v) is 7.26. The Bertz CT molecular complexity index is 1300. The number of piperidine rings is 1. The maximum Gasteiger partial charge on any atom is 0.244 e. The lowest BCUT2D eigenvalue weighted by Crippen LogP contribution is -2.47. The number of halogens is 1. The molecule has 1 spiro atoms. The molecule has 2 saturated heterocycles. The third kappa shape index (κ3) is 6.87. The summed E-state index contributed by atoms with van der Waals surface area (Å²) in [5.74, 6) is 0.346. The van der Waals surface area contributed by atoms with Gasteiger partial charge in [-0.2, -0.15) is 4.31 Å². The molecule has 0 saturated carbocycles. The first-order valence-electron chi connectivity index (χ1n) is 11.9. The maximum absolute atomic E-state index is 13.0. The second-order valence-corrected chi connectivity index (χ2v) is 13.9. The van der Waals surface area contributed by atoms with Gasteiger partial charge in [-0.1, -0.05) is 6.07 Å². The van der Waals surface area contributed by atoms with E-state index in [1.807, 2.05) is 0 Å². The average molecular weight is 620 g/mol. The zero-order valence-corrected chi connectivity index (χ0v) is 23.6. The van der Waals surface area contributed by atoms with Crippen molar-refractivity contribution in [1.29, 1.82) is 0 Å². The predicted molar refractivity (Wildman–Crippen MR) is 139 cm³/mol. The third-order valence-corrected chi connectivity index (χ3v) is 10.3. The van der Waals surface area contributed by atoms with Gasteiger partial charge in [0.25, 0.3) is 0 Å². The largest absolute Gasteiger partial charge is 0.491 e. The Labute approximate surface area is 225 Å². The van der Waals surface area contributed by atoms with Crippen molar-refractivity contribution in [2.75, 3.05) is 39.9 Å². The smallest absolute Gasteiger partial charge is 0.244 e. The summed E-state index contributed by atoms with van der Waals surface area (Å²) < 4.78 is 65.9. The Hall–Kier alpha value is -1.65. The minimum atomic E-state index is -3.62. The van der Waals surface area contributed by atoms with Crippen molar-refractivity contribution in [2.45, 2.75) is 46.8 Å². The molecule has 0 amide bonds. The molecule has 2 aliphatic heterocycles. The predicted octanol–water partition coefficient (Wildman–Crippen LogP) is 1.09. The van der Waals surface area contributed by atoms with Crippen LogP contribution in [0.2, 0.25) is 0 Å². The molecule has 1 aromatic carbocycles. The van der Waals surface area contributed by atoms with Gasteiger partial charge in [0.2, 0.25) is 20.0 Å². The van der Waals surface area contributed by atoms with Crippen molar-refractivity contribution in [3.8, 4) is 5.75 Å². The van der Waals surface area contributed by atoms with Gasteiger partial charge in [0.1, 0.15) is 23.4 Å². The molecule has 2 atom stereocenters. The first kappa shape index (κ1) is 28.4. The molecule has 1 aromatic heterocycles. The Kier molecular flexibility index (Phi) is 8.90. The van der Waals surface area contributed by atoms with Gasteiger partial charge in [-0.05, 0) is 60.4 Å². The van der Waals surface area contributed by atoms with Crippen LogP contribution in [0.25, 0.3) is 0 Å². The minimum Gasteiger partial charge on any atom is -0.491 e. The third-order valence-electron chi connectivity index (χ3n) is 6.63. The van der Waals surface area contributed by atoms with Crippen LogP contribution in [-0.2, 0) is 24.8 Å². The van der Waals surface area contributed by atoms with Gasteiger partial charge in [-0.25, -0.2) is 21.6 Å². The maximum atomic E-state index is 13.0. The second-order valence-electron chi connectivity index (χ2n) is 9.19. The number of aliphatic hydroxyl groups is 1. The normalized spacial score (nSPS) is 21.2. The fourth-order valence-electron chi connectivity index (χ4n) is 4.54. The topological polar surface area (TPSA) is 147 Å². The highest BCUT2D eigenvalue weighted by Crippen LogP contribution is 2.37. The number of ether oxygens (including phenoxy) is 2. The quantitative estimate of drug-likeness (QED) is 0.356. The molecule has 0 radical (unpaired) electrons. The Morgan fingerprint density at radius 3 is 2.68 bits per heavy atom. The van der Waals surface area contributed by atoms with Crippen LogP contribution in [0.1, 0.15) is 19.3 Å². The highest BCUT2D eigenvalue weighted by Gasteiger charge is 2.44. The van der Waals surface area contributed by atoms with Crippen molar-refractivity contribution in [1.82, 2.24) is 19.3 Å². The molecule has 204 valence electrons. The number of nitrogens with zero attached hydrogens (tertiary/aromatic N) is 2. The average Bonchev–Trinajstić information content (AvgIpc) is 3.28. The van der Waals surface area contributed by atoms with E-state index in [4.69, 9.17) is 9.47 Å². The first-order valence-corrected chi connectivity index (χ1v) is 15.6. The van der Waals surface area contributed by atoms with Gasteiger partial charge in [0, 0.05) is 48.6 Å². The van der Waals surface area contributed by atoms with E-state index in [0.717, 1.165) is 6.42 Å². The van der Waals surface area contributed by atoms with Crippen LogP contribution < -0.4 is 14.8 Å². The lowest BCUT2D eigenvalue weighted by Gasteiger charge is -2.38. The van der Waals surface area contributed by atoms with Crippen LogP contribution in [-0.4, -0.2) is 88.9 Å². The number of aliphatic hydroxyl groups excluding tert-OH is 1. The molecule has 37 heavy (non-hydrogen) atoms. The number of hydrogen-bond acceptors (Lipinski definition) is 9. The molecule has 2 aromatic rings. The number of pyridine rings is 1. The van der Waals surface area contributed by atoms with Gasteiger partial charge in [-0.3, -0.25) is 4.98 Å². The molecule has 0 aliphatic carbocycles. The van der Waals surface area contributed by atoms with E-state index in [1.165, 1.54) is 29.7 Å². The molecular formula is C23H31BrN4O7S2. The molecule has 4 rings (SSSR count). The van der Waals surface area contributed by atoms with E-state index in [-0.39, 0.29) is 34.6 Å². The van der Waals surface area contributed by atoms with Gasteiger partial charge in [0.05, 0.1) is 17.1 Å². The minimum absolute atomic E-state index is 0.00789. The van der Waals surface area contributed by atoms with E-state index in [2.05, 4.69) is 31.0 Å². The summed E-state index contributed by atoms with van der Waals surface area (Å²) in [6, 6.07) is 7.64. The van der Waals surface area contributed by atoms with Crippen molar-refractivity contribution >= 4 is 36.0 Å². The molecule has 0 bridgehead atoms. The molecule has 3 heterocycles. The van der Waals surface area contributed by atoms with Crippen LogP contribution >= 0.6 is 15.9 Å². The SMILES string of the molecule is CNS(=O)(=O)c1cccc(OC[C@@H](O)CNC2COC3(CCN(S(=O)(=O)c4cncc(Br)c4)CC3)C2)c1. The van der Waals surface area contributed by atoms with Crippen molar-refractivity contribution in [2.24, 2.45) is 0 Å². The van der Waals surface area contributed by atoms with E-state index >= 15 is 0 Å². The summed E-state index contributed by atoms with van der Waals surface area (Å²) >= 11 is 3.27. The Balaban J connectivity index is 1.23. The molecule has 3 N–H and O–H groups in total. The summed E-state index contributed by atoms with van der Waals surface area (Å²) in [6.45, 7) is 1.46. The van der Waals surface area contributed by atoms with E-state index in [1.54, 1.807) is 24.4 Å². The Morgan fingerprint density at radius 2 is 1.97 bits per heavy atom. The van der Waals surface area contributed by atoms with Crippen LogP contribution in [0.3, 0.4) is 0 Å². The van der Waals surface area contributed by atoms with Gasteiger partial charge in [-0.15, -0.1) is 0 Å². The van der Waals surface area contributed by atoms with Crippen molar-refractivity contribution in [3.05, 3.63) is 47.2 Å². The molecular weight excluding hydrogens is 588 g/mol.